The first-order valence-corrected chi connectivity index (χ1v) is 10.1. The van der Waals surface area contributed by atoms with Gasteiger partial charge in [-0.15, -0.1) is 0 Å². The van der Waals surface area contributed by atoms with Crippen LogP contribution in [0.2, 0.25) is 5.02 Å². The zero-order chi connectivity index (χ0) is 22.0. The van der Waals surface area contributed by atoms with Gasteiger partial charge in [0.15, 0.2) is 17.9 Å². The van der Waals surface area contributed by atoms with Crippen molar-refractivity contribution < 1.29 is 18.9 Å². The maximum Gasteiger partial charge on any atom is 0.310 e. The van der Waals surface area contributed by atoms with Gasteiger partial charge in [-0.25, -0.2) is 4.98 Å². The van der Waals surface area contributed by atoms with Crippen LogP contribution in [0.1, 0.15) is 0 Å². The minimum absolute atomic E-state index is 0.0187. The molecule has 0 aliphatic heterocycles. The number of anilines is 1. The van der Waals surface area contributed by atoms with Crippen LogP contribution in [-0.2, 0) is 4.79 Å². The van der Waals surface area contributed by atoms with Crippen LogP contribution >= 0.6 is 27.5 Å². The summed E-state index contributed by atoms with van der Waals surface area (Å²) in [6.45, 7) is -0.388. The number of benzene rings is 3. The first kappa shape index (κ1) is 20.8. The Bertz CT molecular complexity index is 1310. The number of halogens is 2. The van der Waals surface area contributed by atoms with E-state index in [1.807, 2.05) is 6.07 Å². The number of para-hydroxylation sites is 2. The molecule has 0 fully saturated rings. The second-order valence-electron chi connectivity index (χ2n) is 6.39. The Labute approximate surface area is 189 Å². The van der Waals surface area contributed by atoms with Crippen molar-refractivity contribution in [1.82, 2.24) is 4.98 Å². The summed E-state index contributed by atoms with van der Waals surface area (Å²) in [5, 5.41) is 14.2. The van der Waals surface area contributed by atoms with Gasteiger partial charge in [0.25, 0.3) is 5.91 Å². The number of nitro groups is 1. The smallest absolute Gasteiger partial charge is 0.310 e. The van der Waals surface area contributed by atoms with Crippen molar-refractivity contribution in [2.75, 3.05) is 11.9 Å². The normalized spacial score (nSPS) is 10.8. The first-order valence-electron chi connectivity index (χ1n) is 8.93. The largest absolute Gasteiger partial charge is 0.477 e. The molecule has 8 nitrogen and oxygen atoms in total. The number of ether oxygens (including phenoxy) is 1. The summed E-state index contributed by atoms with van der Waals surface area (Å²) in [6.07, 6.45) is 0. The number of hydrogen-bond donors (Lipinski definition) is 1. The van der Waals surface area contributed by atoms with Crippen LogP contribution in [0.15, 0.2) is 69.6 Å². The predicted molar refractivity (Wildman–Crippen MR) is 119 cm³/mol. The van der Waals surface area contributed by atoms with Crippen LogP contribution in [-0.4, -0.2) is 22.4 Å². The molecule has 156 valence electrons. The first-order chi connectivity index (χ1) is 14.9. The number of hydrogen-bond acceptors (Lipinski definition) is 6. The van der Waals surface area contributed by atoms with E-state index in [-0.39, 0.29) is 18.0 Å². The van der Waals surface area contributed by atoms with Gasteiger partial charge in [0, 0.05) is 16.2 Å². The molecule has 0 unspecified atom stereocenters. The number of fused-ring (bicyclic) bond motifs is 1. The van der Waals surface area contributed by atoms with E-state index in [4.69, 9.17) is 20.8 Å². The van der Waals surface area contributed by atoms with Crippen molar-refractivity contribution in [3.05, 3.63) is 80.3 Å². The Morgan fingerprint density at radius 3 is 2.81 bits per heavy atom. The van der Waals surface area contributed by atoms with Crippen molar-refractivity contribution >= 4 is 55.9 Å². The van der Waals surface area contributed by atoms with Crippen LogP contribution in [0.5, 0.6) is 5.75 Å². The summed E-state index contributed by atoms with van der Waals surface area (Å²) in [4.78, 5) is 27.1. The van der Waals surface area contributed by atoms with Gasteiger partial charge >= 0.3 is 5.69 Å². The highest BCUT2D eigenvalue weighted by atomic mass is 79.9. The number of nitrogens with zero attached hydrogens (tertiary/aromatic N) is 2. The van der Waals surface area contributed by atoms with Crippen LogP contribution < -0.4 is 10.1 Å². The minimum Gasteiger partial charge on any atom is -0.477 e. The lowest BCUT2D eigenvalue weighted by Gasteiger charge is -2.07. The topological polar surface area (TPSA) is 108 Å². The molecule has 0 atom stereocenters. The third-order valence-electron chi connectivity index (χ3n) is 4.25. The van der Waals surface area contributed by atoms with E-state index in [2.05, 4.69) is 26.2 Å². The standard InChI is InChI=1S/C21H13BrClN3O5/c22-12-5-7-15(23)14(9-12)21-25-16-10-13(6-8-18(16)31-21)24-20(27)11-30-19-4-2-1-3-17(19)26(28)29/h1-10H,11H2,(H,24,27). The third kappa shape index (κ3) is 4.68. The average molecular weight is 503 g/mol. The Hall–Kier alpha value is -3.43. The lowest BCUT2D eigenvalue weighted by molar-refractivity contribution is -0.385. The van der Waals surface area contributed by atoms with Crippen LogP contribution in [0.25, 0.3) is 22.6 Å². The highest BCUT2D eigenvalue weighted by Crippen LogP contribution is 2.33. The molecule has 0 spiro atoms. The highest BCUT2D eigenvalue weighted by molar-refractivity contribution is 9.10. The van der Waals surface area contributed by atoms with Crippen molar-refractivity contribution in [3.8, 4) is 17.2 Å². The van der Waals surface area contributed by atoms with Crippen LogP contribution in [0.3, 0.4) is 0 Å². The molecular formula is C21H13BrClN3O5. The van der Waals surface area contributed by atoms with Gasteiger partial charge in [0.2, 0.25) is 5.89 Å². The van der Waals surface area contributed by atoms with Gasteiger partial charge < -0.3 is 14.5 Å². The Kier molecular flexibility index (Phi) is 5.88. The molecule has 0 saturated carbocycles. The van der Waals surface area contributed by atoms with Gasteiger partial charge in [0.05, 0.1) is 15.5 Å². The fourth-order valence-corrected chi connectivity index (χ4v) is 3.41. The molecule has 4 rings (SSSR count). The van der Waals surface area contributed by atoms with Gasteiger partial charge in [-0.05, 0) is 42.5 Å². The van der Waals surface area contributed by atoms with Gasteiger partial charge in [-0.3, -0.25) is 14.9 Å². The number of carbonyl (C=O) groups excluding carboxylic acids is 1. The van der Waals surface area contributed by atoms with Gasteiger partial charge in [-0.2, -0.15) is 0 Å². The molecule has 0 aliphatic carbocycles. The molecule has 0 radical (unpaired) electrons. The number of carbonyl (C=O) groups is 1. The molecule has 1 aromatic heterocycles. The van der Waals surface area contributed by atoms with E-state index in [0.29, 0.717) is 33.3 Å². The quantitative estimate of drug-likeness (QED) is 0.262. The van der Waals surface area contributed by atoms with Crippen molar-refractivity contribution in [2.24, 2.45) is 0 Å². The van der Waals surface area contributed by atoms with E-state index in [0.717, 1.165) is 4.47 Å². The fraction of sp³-hybridized carbons (Fsp3) is 0.0476. The second-order valence-corrected chi connectivity index (χ2v) is 7.71. The summed E-state index contributed by atoms with van der Waals surface area (Å²) >= 11 is 9.64. The molecule has 1 N–H and O–H groups in total. The SMILES string of the molecule is O=C(COc1ccccc1[N+](=O)[O-])Nc1ccc2oc(-c3cc(Br)ccc3Cl)nc2c1. The summed E-state index contributed by atoms with van der Waals surface area (Å²) in [6, 6.07) is 16.2. The maximum atomic E-state index is 12.2. The van der Waals surface area contributed by atoms with Crippen LogP contribution in [0.4, 0.5) is 11.4 Å². The molecule has 4 aromatic rings. The number of nitrogens with one attached hydrogen (secondary N) is 1. The number of rotatable bonds is 6. The third-order valence-corrected chi connectivity index (χ3v) is 5.07. The zero-order valence-electron chi connectivity index (χ0n) is 15.7. The molecule has 1 amide bonds. The highest BCUT2D eigenvalue weighted by Gasteiger charge is 2.16. The van der Waals surface area contributed by atoms with E-state index in [9.17, 15) is 14.9 Å². The zero-order valence-corrected chi connectivity index (χ0v) is 18.0. The molecule has 10 heteroatoms. The average Bonchev–Trinajstić information content (AvgIpc) is 3.17. The molecule has 0 aliphatic rings. The molecular weight excluding hydrogens is 490 g/mol. The van der Waals surface area contributed by atoms with Gasteiger partial charge in [-0.1, -0.05) is 39.7 Å². The number of oxazole rings is 1. The van der Waals surface area contributed by atoms with E-state index >= 15 is 0 Å². The monoisotopic (exact) mass is 501 g/mol. The fourth-order valence-electron chi connectivity index (χ4n) is 2.85. The minimum atomic E-state index is -0.569. The Balaban J connectivity index is 1.48. The number of aromatic nitrogens is 1. The van der Waals surface area contributed by atoms with Crippen LogP contribution in [0, 0.1) is 10.1 Å². The molecule has 0 bridgehead atoms. The maximum absolute atomic E-state index is 12.2. The number of amides is 1. The Morgan fingerprint density at radius 1 is 1.19 bits per heavy atom. The number of nitro benzene ring substituents is 1. The van der Waals surface area contributed by atoms with E-state index in [1.54, 1.807) is 36.4 Å². The summed E-state index contributed by atoms with van der Waals surface area (Å²) in [5.41, 5.74) is 1.96. The summed E-state index contributed by atoms with van der Waals surface area (Å²) < 4.78 is 11.9. The molecule has 3 aromatic carbocycles. The molecule has 0 saturated heterocycles. The lowest BCUT2D eigenvalue weighted by Crippen LogP contribution is -2.20. The second kappa shape index (κ2) is 8.75. The molecule has 1 heterocycles. The molecule has 31 heavy (non-hydrogen) atoms. The lowest BCUT2D eigenvalue weighted by atomic mass is 10.2. The van der Waals surface area contributed by atoms with E-state index < -0.39 is 10.8 Å². The predicted octanol–water partition coefficient (Wildman–Crippen LogP) is 5.84. The van der Waals surface area contributed by atoms with Crippen molar-refractivity contribution in [1.29, 1.82) is 0 Å². The van der Waals surface area contributed by atoms with Crippen molar-refractivity contribution in [2.45, 2.75) is 0 Å². The van der Waals surface area contributed by atoms with E-state index in [1.165, 1.54) is 18.2 Å². The summed E-state index contributed by atoms with van der Waals surface area (Å²) in [5.74, 6) is -0.106. The Morgan fingerprint density at radius 2 is 2.00 bits per heavy atom. The van der Waals surface area contributed by atoms with Gasteiger partial charge in [0.1, 0.15) is 5.52 Å². The van der Waals surface area contributed by atoms with Crippen molar-refractivity contribution in [3.63, 3.8) is 0 Å². The summed E-state index contributed by atoms with van der Waals surface area (Å²) in [7, 11) is 0.